The number of carbonyl (C=O) groups is 2. The number of carbonyl (C=O) groups excluding carboxylic acids is 2. The monoisotopic (exact) mass is 448 g/mol. The molecule has 2 aromatic rings. The van der Waals surface area contributed by atoms with Gasteiger partial charge in [0.15, 0.2) is 0 Å². The van der Waals surface area contributed by atoms with Gasteiger partial charge in [-0.3, -0.25) is 9.69 Å². The summed E-state index contributed by atoms with van der Waals surface area (Å²) in [7, 11) is 1.40. The number of nitrogens with zero attached hydrogens (tertiary/aromatic N) is 2. The van der Waals surface area contributed by atoms with E-state index in [0.29, 0.717) is 19.6 Å². The zero-order chi connectivity index (χ0) is 23.8. The van der Waals surface area contributed by atoms with Crippen LogP contribution in [0.4, 0.5) is 4.79 Å². The average molecular weight is 449 g/mol. The first kappa shape index (κ1) is 24.3. The molecule has 1 fully saturated rings. The normalized spacial score (nSPS) is 14.2. The molecule has 1 saturated heterocycles. The van der Waals surface area contributed by atoms with E-state index < -0.39 is 5.60 Å². The van der Waals surface area contributed by atoms with E-state index in [0.717, 1.165) is 35.3 Å². The summed E-state index contributed by atoms with van der Waals surface area (Å²) in [6, 6.07) is 15.8. The SMILES string of the molecule is COC(=O)Cc1ccc(C#Cc2ccccc2)c(CN2CCN(C(=O)OC(C)(C)C)CC2)c1. The van der Waals surface area contributed by atoms with Crippen molar-refractivity contribution < 1.29 is 19.1 Å². The van der Waals surface area contributed by atoms with E-state index in [1.54, 1.807) is 4.90 Å². The standard InChI is InChI=1S/C27H32N2O4/c1-27(2,3)33-26(31)29-16-14-28(15-17-29)20-24-18-22(19-25(30)32-4)11-13-23(24)12-10-21-8-6-5-7-9-21/h5-9,11,13,18H,14-17,19-20H2,1-4H3. The Labute approximate surface area is 196 Å². The van der Waals surface area contributed by atoms with Crippen molar-refractivity contribution in [3.05, 3.63) is 70.8 Å². The summed E-state index contributed by atoms with van der Waals surface area (Å²) in [4.78, 5) is 28.2. The molecule has 0 unspecified atom stereocenters. The fourth-order valence-electron chi connectivity index (χ4n) is 3.57. The Morgan fingerprint density at radius 2 is 1.67 bits per heavy atom. The summed E-state index contributed by atoms with van der Waals surface area (Å²) >= 11 is 0. The minimum absolute atomic E-state index is 0.225. The molecule has 1 aliphatic rings. The highest BCUT2D eigenvalue weighted by Gasteiger charge is 2.26. The van der Waals surface area contributed by atoms with E-state index >= 15 is 0 Å². The smallest absolute Gasteiger partial charge is 0.410 e. The van der Waals surface area contributed by atoms with Gasteiger partial charge >= 0.3 is 12.1 Å². The number of benzene rings is 2. The predicted molar refractivity (Wildman–Crippen MR) is 128 cm³/mol. The molecular formula is C27H32N2O4. The van der Waals surface area contributed by atoms with E-state index in [2.05, 4.69) is 16.7 Å². The molecule has 6 nitrogen and oxygen atoms in total. The molecule has 2 aromatic carbocycles. The molecule has 0 aliphatic carbocycles. The lowest BCUT2D eigenvalue weighted by Gasteiger charge is -2.35. The van der Waals surface area contributed by atoms with Crippen LogP contribution in [0.25, 0.3) is 0 Å². The van der Waals surface area contributed by atoms with Crippen molar-refractivity contribution in [2.75, 3.05) is 33.3 Å². The molecule has 1 heterocycles. The summed E-state index contributed by atoms with van der Waals surface area (Å²) < 4.78 is 10.3. The van der Waals surface area contributed by atoms with E-state index in [1.165, 1.54) is 7.11 Å². The first-order chi connectivity index (χ1) is 15.7. The van der Waals surface area contributed by atoms with Gasteiger partial charge in [-0.1, -0.05) is 42.2 Å². The van der Waals surface area contributed by atoms with Gasteiger partial charge in [0.2, 0.25) is 0 Å². The Morgan fingerprint density at radius 1 is 0.970 bits per heavy atom. The summed E-state index contributed by atoms with van der Waals surface area (Å²) in [6.45, 7) is 9.03. The van der Waals surface area contributed by atoms with Crippen molar-refractivity contribution in [2.45, 2.75) is 39.3 Å². The number of methoxy groups -OCH3 is 1. The lowest BCUT2D eigenvalue weighted by Crippen LogP contribution is -2.49. The Kier molecular flexibility index (Phi) is 8.13. The number of esters is 1. The largest absolute Gasteiger partial charge is 0.469 e. The van der Waals surface area contributed by atoms with Gasteiger partial charge in [-0.2, -0.15) is 0 Å². The van der Waals surface area contributed by atoms with Gasteiger partial charge < -0.3 is 14.4 Å². The Bertz CT molecular complexity index is 1020. The van der Waals surface area contributed by atoms with Crippen molar-refractivity contribution in [1.29, 1.82) is 0 Å². The number of amides is 1. The van der Waals surface area contributed by atoms with Crippen molar-refractivity contribution in [2.24, 2.45) is 0 Å². The number of piperazine rings is 1. The number of rotatable bonds is 4. The minimum Gasteiger partial charge on any atom is -0.469 e. The van der Waals surface area contributed by atoms with E-state index in [4.69, 9.17) is 9.47 Å². The lowest BCUT2D eigenvalue weighted by molar-refractivity contribution is -0.139. The fourth-order valence-corrected chi connectivity index (χ4v) is 3.57. The van der Waals surface area contributed by atoms with Crippen LogP contribution in [-0.2, 0) is 27.2 Å². The Hall–Kier alpha value is -3.30. The topological polar surface area (TPSA) is 59.1 Å². The molecule has 0 aromatic heterocycles. The summed E-state index contributed by atoms with van der Waals surface area (Å²) in [6.07, 6.45) is -0.0425. The maximum Gasteiger partial charge on any atom is 0.410 e. The van der Waals surface area contributed by atoms with Crippen LogP contribution in [0, 0.1) is 11.8 Å². The van der Waals surface area contributed by atoms with Crippen molar-refractivity contribution >= 4 is 12.1 Å². The van der Waals surface area contributed by atoms with Crippen LogP contribution < -0.4 is 0 Å². The molecule has 0 radical (unpaired) electrons. The average Bonchev–Trinajstić information content (AvgIpc) is 2.78. The second-order valence-electron chi connectivity index (χ2n) is 9.10. The van der Waals surface area contributed by atoms with Gasteiger partial charge in [0.25, 0.3) is 0 Å². The fraction of sp³-hybridized carbons (Fsp3) is 0.407. The highest BCUT2D eigenvalue weighted by molar-refractivity contribution is 5.72. The van der Waals surface area contributed by atoms with Gasteiger partial charge in [0.05, 0.1) is 13.5 Å². The maximum atomic E-state index is 12.4. The van der Waals surface area contributed by atoms with E-state index in [9.17, 15) is 9.59 Å². The van der Waals surface area contributed by atoms with Crippen LogP contribution in [-0.4, -0.2) is 60.8 Å². The van der Waals surface area contributed by atoms with Crippen LogP contribution >= 0.6 is 0 Å². The van der Waals surface area contributed by atoms with Crippen LogP contribution in [0.5, 0.6) is 0 Å². The van der Waals surface area contributed by atoms with Crippen molar-refractivity contribution in [1.82, 2.24) is 9.80 Å². The van der Waals surface area contributed by atoms with Crippen LogP contribution in [0.2, 0.25) is 0 Å². The Balaban J connectivity index is 1.73. The minimum atomic E-state index is -0.499. The van der Waals surface area contributed by atoms with E-state index in [-0.39, 0.29) is 18.5 Å². The molecule has 0 saturated carbocycles. The number of ether oxygens (including phenoxy) is 2. The zero-order valence-corrected chi connectivity index (χ0v) is 19.9. The van der Waals surface area contributed by atoms with Crippen LogP contribution in [0.15, 0.2) is 48.5 Å². The van der Waals surface area contributed by atoms with Crippen LogP contribution in [0.3, 0.4) is 0 Å². The predicted octanol–water partition coefficient (Wildman–Crippen LogP) is 3.85. The highest BCUT2D eigenvalue weighted by Crippen LogP contribution is 2.18. The number of hydrogen-bond donors (Lipinski definition) is 0. The van der Waals surface area contributed by atoms with E-state index in [1.807, 2.05) is 69.3 Å². The van der Waals surface area contributed by atoms with Gasteiger partial charge in [-0.15, -0.1) is 0 Å². The molecule has 0 atom stereocenters. The summed E-state index contributed by atoms with van der Waals surface area (Å²) in [5, 5.41) is 0. The Morgan fingerprint density at radius 3 is 2.30 bits per heavy atom. The number of hydrogen-bond acceptors (Lipinski definition) is 5. The molecule has 1 aliphatic heterocycles. The molecular weight excluding hydrogens is 416 g/mol. The summed E-state index contributed by atoms with van der Waals surface area (Å²) in [5.74, 6) is 6.24. The third-order valence-electron chi connectivity index (χ3n) is 5.28. The third kappa shape index (κ3) is 7.65. The first-order valence-corrected chi connectivity index (χ1v) is 11.2. The molecule has 0 bridgehead atoms. The molecule has 174 valence electrons. The highest BCUT2D eigenvalue weighted by atomic mass is 16.6. The molecule has 1 amide bonds. The van der Waals surface area contributed by atoms with Crippen molar-refractivity contribution in [3.63, 3.8) is 0 Å². The second kappa shape index (κ2) is 11.0. The third-order valence-corrected chi connectivity index (χ3v) is 5.28. The second-order valence-corrected chi connectivity index (χ2v) is 9.10. The lowest BCUT2D eigenvalue weighted by atomic mass is 10.0. The van der Waals surface area contributed by atoms with Gasteiger partial charge in [0.1, 0.15) is 5.60 Å². The summed E-state index contributed by atoms with van der Waals surface area (Å²) in [5.41, 5.74) is 3.34. The first-order valence-electron chi connectivity index (χ1n) is 11.2. The van der Waals surface area contributed by atoms with Gasteiger partial charge in [0, 0.05) is 43.9 Å². The molecule has 3 rings (SSSR count). The quantitative estimate of drug-likeness (QED) is 0.525. The molecule has 33 heavy (non-hydrogen) atoms. The molecule has 0 spiro atoms. The molecule has 0 N–H and O–H groups in total. The van der Waals surface area contributed by atoms with Crippen LogP contribution in [0.1, 0.15) is 43.0 Å². The molecule has 6 heteroatoms. The maximum absolute atomic E-state index is 12.4. The zero-order valence-electron chi connectivity index (χ0n) is 19.9. The van der Waals surface area contributed by atoms with Gasteiger partial charge in [-0.25, -0.2) is 4.79 Å². The van der Waals surface area contributed by atoms with Crippen molar-refractivity contribution in [3.8, 4) is 11.8 Å². The van der Waals surface area contributed by atoms with Gasteiger partial charge in [-0.05, 0) is 50.1 Å².